The molecule has 0 saturated carbocycles. The summed E-state index contributed by atoms with van der Waals surface area (Å²) in [6.07, 6.45) is 0. The van der Waals surface area contributed by atoms with Crippen molar-refractivity contribution >= 4 is 22.6 Å². The molecule has 3 aromatic carbocycles. The molecule has 0 aliphatic rings. The highest BCUT2D eigenvalue weighted by Gasteiger charge is 2.20. The largest absolute Gasteiger partial charge is 0.0831 e. The summed E-state index contributed by atoms with van der Waals surface area (Å²) in [7, 11) is 0. The molecular weight excluding hydrogens is 391 g/mol. The normalized spacial score (nSPS) is 11.6. The third-order valence-electron chi connectivity index (χ3n) is 3.74. The summed E-state index contributed by atoms with van der Waals surface area (Å²) in [4.78, 5) is 0. The maximum absolute atomic E-state index is 3.43. The molecule has 0 bridgehead atoms. The molecule has 1 heteroatoms. The van der Waals surface area contributed by atoms with Crippen LogP contribution in [0.3, 0.4) is 0 Å². The van der Waals surface area contributed by atoms with Gasteiger partial charge in [0.15, 0.2) is 0 Å². The fourth-order valence-corrected chi connectivity index (χ4v) is 3.59. The van der Waals surface area contributed by atoms with E-state index in [-0.39, 0.29) is 9.84 Å². The molecule has 0 amide bonds. The van der Waals surface area contributed by atoms with Crippen molar-refractivity contribution in [3.8, 4) is 11.8 Å². The van der Waals surface area contributed by atoms with Crippen LogP contribution in [0.4, 0.5) is 0 Å². The van der Waals surface area contributed by atoms with E-state index >= 15 is 0 Å². The van der Waals surface area contributed by atoms with E-state index in [4.69, 9.17) is 0 Å². The number of hydrogen-bond donors (Lipinski definition) is 0. The first-order valence-electron chi connectivity index (χ1n) is 7.65. The number of halogens is 1. The summed E-state index contributed by atoms with van der Waals surface area (Å²) >= 11 is 2.46. The highest BCUT2D eigenvalue weighted by Crippen LogP contribution is 2.32. The molecule has 0 spiro atoms. The molecular formula is C22H17I. The van der Waals surface area contributed by atoms with Gasteiger partial charge in [-0.1, -0.05) is 113 Å². The molecule has 1 atom stereocenters. The summed E-state index contributed by atoms with van der Waals surface area (Å²) < 4.78 is 0.206. The lowest BCUT2D eigenvalue weighted by atomic mass is 9.88. The zero-order valence-corrected chi connectivity index (χ0v) is 14.9. The Kier molecular flexibility index (Phi) is 5.50. The Morgan fingerprint density at radius 2 is 1.04 bits per heavy atom. The Hall–Kier alpha value is -2.05. The predicted molar refractivity (Wildman–Crippen MR) is 106 cm³/mol. The van der Waals surface area contributed by atoms with E-state index in [1.165, 1.54) is 11.1 Å². The minimum atomic E-state index is 0.206. The zero-order valence-electron chi connectivity index (χ0n) is 12.7. The highest BCUT2D eigenvalue weighted by molar-refractivity contribution is 14.1. The van der Waals surface area contributed by atoms with Crippen LogP contribution in [0.15, 0.2) is 91.0 Å². The van der Waals surface area contributed by atoms with E-state index in [1.54, 1.807) is 0 Å². The second kappa shape index (κ2) is 7.99. The summed E-state index contributed by atoms with van der Waals surface area (Å²) in [5, 5.41) is 0. The molecule has 0 aliphatic heterocycles. The maximum atomic E-state index is 3.43. The predicted octanol–water partition coefficient (Wildman–Crippen LogP) is 5.67. The van der Waals surface area contributed by atoms with Gasteiger partial charge in [-0.25, -0.2) is 0 Å². The molecule has 0 fully saturated rings. The van der Waals surface area contributed by atoms with Crippen molar-refractivity contribution in [3.05, 3.63) is 108 Å². The fraction of sp³-hybridized carbons (Fsp3) is 0.0909. The number of rotatable bonds is 3. The van der Waals surface area contributed by atoms with Crippen LogP contribution < -0.4 is 0 Å². The van der Waals surface area contributed by atoms with Crippen LogP contribution in [0.2, 0.25) is 0 Å². The van der Waals surface area contributed by atoms with Gasteiger partial charge in [-0.3, -0.25) is 0 Å². The van der Waals surface area contributed by atoms with Crippen LogP contribution in [0.5, 0.6) is 0 Å². The van der Waals surface area contributed by atoms with Crippen LogP contribution in [-0.4, -0.2) is 3.92 Å². The molecule has 23 heavy (non-hydrogen) atoms. The van der Waals surface area contributed by atoms with E-state index in [9.17, 15) is 0 Å². The average Bonchev–Trinajstić information content (AvgIpc) is 2.63. The first-order valence-corrected chi connectivity index (χ1v) is 8.90. The lowest BCUT2D eigenvalue weighted by Gasteiger charge is -2.20. The van der Waals surface area contributed by atoms with Gasteiger partial charge in [0.25, 0.3) is 0 Å². The molecule has 0 aromatic heterocycles. The molecule has 0 radical (unpaired) electrons. The van der Waals surface area contributed by atoms with Crippen LogP contribution in [0, 0.1) is 11.8 Å². The van der Waals surface area contributed by atoms with E-state index < -0.39 is 0 Å². The van der Waals surface area contributed by atoms with Gasteiger partial charge in [-0.15, -0.1) is 0 Å². The van der Waals surface area contributed by atoms with Crippen LogP contribution >= 0.6 is 22.6 Å². The van der Waals surface area contributed by atoms with Crippen LogP contribution in [-0.2, 0) is 0 Å². The number of alkyl halides is 1. The minimum absolute atomic E-state index is 0.206. The zero-order chi connectivity index (χ0) is 15.9. The molecule has 3 aromatic rings. The van der Waals surface area contributed by atoms with Crippen molar-refractivity contribution < 1.29 is 0 Å². The van der Waals surface area contributed by atoms with Crippen molar-refractivity contribution in [2.24, 2.45) is 0 Å². The van der Waals surface area contributed by atoms with Gasteiger partial charge in [0, 0.05) is 11.5 Å². The molecule has 0 N–H and O–H groups in total. The SMILES string of the molecule is IC(C#Cc1ccccc1)C(c1ccccc1)c1ccccc1. The van der Waals surface area contributed by atoms with E-state index in [0.717, 1.165) is 5.56 Å². The molecule has 0 aliphatic carbocycles. The molecule has 3 rings (SSSR count). The highest BCUT2D eigenvalue weighted by atomic mass is 127. The molecule has 0 saturated heterocycles. The van der Waals surface area contributed by atoms with Crippen LogP contribution in [0.25, 0.3) is 0 Å². The van der Waals surface area contributed by atoms with E-state index in [0.29, 0.717) is 0 Å². The Morgan fingerprint density at radius 3 is 1.52 bits per heavy atom. The first-order chi connectivity index (χ1) is 11.3. The molecule has 0 nitrogen and oxygen atoms in total. The molecule has 1 unspecified atom stereocenters. The van der Waals surface area contributed by atoms with Gasteiger partial charge in [0.1, 0.15) is 0 Å². The summed E-state index contributed by atoms with van der Waals surface area (Å²) in [6, 6.07) is 31.4. The number of hydrogen-bond acceptors (Lipinski definition) is 0. The molecule has 0 heterocycles. The van der Waals surface area contributed by atoms with Crippen LogP contribution in [0.1, 0.15) is 22.6 Å². The maximum Gasteiger partial charge on any atom is 0.0831 e. The van der Waals surface area contributed by atoms with Gasteiger partial charge in [-0.05, 0) is 23.3 Å². The first kappa shape index (κ1) is 15.8. The van der Waals surface area contributed by atoms with Crippen molar-refractivity contribution in [1.29, 1.82) is 0 Å². The second-order valence-electron chi connectivity index (χ2n) is 5.34. The smallest absolute Gasteiger partial charge is 0.0828 e. The van der Waals surface area contributed by atoms with Crippen molar-refractivity contribution in [2.75, 3.05) is 0 Å². The second-order valence-corrected chi connectivity index (χ2v) is 6.68. The quantitative estimate of drug-likeness (QED) is 0.298. The van der Waals surface area contributed by atoms with Crippen molar-refractivity contribution in [3.63, 3.8) is 0 Å². The Morgan fingerprint density at radius 1 is 0.609 bits per heavy atom. The summed E-state index contributed by atoms with van der Waals surface area (Å²) in [5.41, 5.74) is 3.68. The van der Waals surface area contributed by atoms with E-state index in [2.05, 4.69) is 107 Å². The standard InChI is InChI=1S/C22H17I/c23-21(17-16-18-10-4-1-5-11-18)22(19-12-6-2-7-13-19)20-14-8-3-9-15-20/h1-15,21-22H. The van der Waals surface area contributed by atoms with Crippen molar-refractivity contribution in [1.82, 2.24) is 0 Å². The van der Waals surface area contributed by atoms with Crippen molar-refractivity contribution in [2.45, 2.75) is 9.84 Å². The minimum Gasteiger partial charge on any atom is -0.0828 e. The fourth-order valence-electron chi connectivity index (χ4n) is 2.61. The third kappa shape index (κ3) is 4.24. The van der Waals surface area contributed by atoms with Gasteiger partial charge < -0.3 is 0 Å². The Labute approximate surface area is 151 Å². The average molecular weight is 408 g/mol. The third-order valence-corrected chi connectivity index (χ3v) is 4.77. The number of benzene rings is 3. The Balaban J connectivity index is 1.94. The van der Waals surface area contributed by atoms with Gasteiger partial charge >= 0.3 is 0 Å². The van der Waals surface area contributed by atoms with Gasteiger partial charge in [0.05, 0.1) is 3.92 Å². The van der Waals surface area contributed by atoms with E-state index in [1.807, 2.05) is 18.2 Å². The molecule has 112 valence electrons. The lowest BCUT2D eigenvalue weighted by molar-refractivity contribution is 0.882. The van der Waals surface area contributed by atoms with Gasteiger partial charge in [0.2, 0.25) is 0 Å². The summed E-state index contributed by atoms with van der Waals surface area (Å²) in [6.45, 7) is 0. The monoisotopic (exact) mass is 408 g/mol. The lowest BCUT2D eigenvalue weighted by Crippen LogP contribution is -2.12. The topological polar surface area (TPSA) is 0 Å². The summed E-state index contributed by atoms with van der Waals surface area (Å²) in [5.74, 6) is 7.01. The Bertz CT molecular complexity index is 743. The van der Waals surface area contributed by atoms with Gasteiger partial charge in [-0.2, -0.15) is 0 Å².